The summed E-state index contributed by atoms with van der Waals surface area (Å²) in [4.78, 5) is 53.8. The molecule has 9 nitrogen and oxygen atoms in total. The number of ether oxygens (including phenoxy) is 1. The van der Waals surface area contributed by atoms with Crippen molar-refractivity contribution in [2.45, 2.75) is 6.92 Å². The number of ketones is 1. The average molecular weight is 430 g/mol. The van der Waals surface area contributed by atoms with Gasteiger partial charge in [-0.3, -0.25) is 19.3 Å². The number of halogens is 1. The summed E-state index contributed by atoms with van der Waals surface area (Å²) >= 11 is 0. The lowest BCUT2D eigenvalue weighted by Crippen LogP contribution is -2.51. The van der Waals surface area contributed by atoms with Crippen LogP contribution in [-0.2, 0) is 14.3 Å². The smallest absolute Gasteiger partial charge is 0.355 e. The maximum Gasteiger partial charge on any atom is 0.355 e. The molecule has 2 amide bonds. The molecule has 1 aromatic heterocycles. The van der Waals surface area contributed by atoms with Crippen molar-refractivity contribution in [3.05, 3.63) is 53.6 Å². The second kappa shape index (κ2) is 9.98. The molecule has 1 aromatic carbocycles. The molecule has 2 aromatic rings. The maximum absolute atomic E-state index is 12.9. The lowest BCUT2D eigenvalue weighted by molar-refractivity contribution is -0.136. The molecule has 2 N–H and O–H groups in total. The lowest BCUT2D eigenvalue weighted by Gasteiger charge is -2.34. The summed E-state index contributed by atoms with van der Waals surface area (Å²) in [5, 5.41) is 2.70. The van der Waals surface area contributed by atoms with E-state index in [2.05, 4.69) is 10.3 Å². The number of rotatable bonds is 7. The molecule has 31 heavy (non-hydrogen) atoms. The van der Waals surface area contributed by atoms with Gasteiger partial charge in [0.25, 0.3) is 5.91 Å². The van der Waals surface area contributed by atoms with E-state index in [9.17, 15) is 23.6 Å². The van der Waals surface area contributed by atoms with Crippen molar-refractivity contribution in [1.82, 2.24) is 14.8 Å². The van der Waals surface area contributed by atoms with E-state index in [1.165, 1.54) is 43.5 Å². The molecule has 1 aliphatic rings. The molecule has 0 atom stereocenters. The Hall–Kier alpha value is -3.53. The number of amides is 2. The summed E-state index contributed by atoms with van der Waals surface area (Å²) in [5.74, 6) is -1.83. The summed E-state index contributed by atoms with van der Waals surface area (Å²) in [6, 6.07) is 6.89. The fourth-order valence-corrected chi connectivity index (χ4v) is 3.10. The number of esters is 1. The van der Waals surface area contributed by atoms with E-state index in [-0.39, 0.29) is 35.7 Å². The van der Waals surface area contributed by atoms with Crippen LogP contribution < -0.4 is 5.32 Å². The number of benzene rings is 1. The van der Waals surface area contributed by atoms with Crippen LogP contribution in [0.2, 0.25) is 0 Å². The molecule has 1 fully saturated rings. The number of Topliss-reactive ketones (excluding diaryl/α,β-unsaturated/α-hetero) is 1. The maximum atomic E-state index is 12.9. The number of aromatic amines is 1. The van der Waals surface area contributed by atoms with Gasteiger partial charge in [-0.1, -0.05) is 0 Å². The minimum absolute atomic E-state index is 0.106. The summed E-state index contributed by atoms with van der Waals surface area (Å²) < 4.78 is 17.9. The van der Waals surface area contributed by atoms with Crippen LogP contribution >= 0.6 is 0 Å². The monoisotopic (exact) mass is 430 g/mol. The number of carbonyl (C=O) groups is 4. The molecule has 1 aliphatic heterocycles. The summed E-state index contributed by atoms with van der Waals surface area (Å²) in [5.41, 5.74) is 0.979. The highest BCUT2D eigenvalue weighted by atomic mass is 19.1. The predicted octanol–water partition coefficient (Wildman–Crippen LogP) is 1.30. The van der Waals surface area contributed by atoms with Crippen molar-refractivity contribution in [3.8, 4) is 0 Å². The van der Waals surface area contributed by atoms with Gasteiger partial charge in [0.15, 0.2) is 12.4 Å². The van der Waals surface area contributed by atoms with Crippen LogP contribution in [-0.4, -0.2) is 77.7 Å². The first-order valence-corrected chi connectivity index (χ1v) is 9.74. The van der Waals surface area contributed by atoms with E-state index in [1.54, 1.807) is 4.90 Å². The molecule has 0 bridgehead atoms. The second-order valence-electron chi connectivity index (χ2n) is 7.15. The van der Waals surface area contributed by atoms with Crippen molar-refractivity contribution >= 4 is 29.3 Å². The molecule has 2 heterocycles. The van der Waals surface area contributed by atoms with Crippen LogP contribution in [0.15, 0.2) is 36.5 Å². The van der Waals surface area contributed by atoms with Gasteiger partial charge >= 0.3 is 5.97 Å². The lowest BCUT2D eigenvalue weighted by atomic mass is 10.2. The predicted molar refractivity (Wildman–Crippen MR) is 109 cm³/mol. The van der Waals surface area contributed by atoms with Gasteiger partial charge in [-0.2, -0.15) is 0 Å². The van der Waals surface area contributed by atoms with Gasteiger partial charge in [0, 0.05) is 43.6 Å². The molecule has 0 spiro atoms. The Morgan fingerprint density at radius 3 is 2.39 bits per heavy atom. The molecule has 164 valence electrons. The fourth-order valence-electron chi connectivity index (χ4n) is 3.10. The number of nitrogens with one attached hydrogen (secondary N) is 2. The molecular weight excluding hydrogens is 407 g/mol. The largest absolute Gasteiger partial charge is 0.451 e. The topological polar surface area (TPSA) is 112 Å². The third-order valence-corrected chi connectivity index (χ3v) is 4.86. The van der Waals surface area contributed by atoms with E-state index < -0.39 is 12.6 Å². The highest BCUT2D eigenvalue weighted by Crippen LogP contribution is 2.10. The van der Waals surface area contributed by atoms with Crippen molar-refractivity contribution in [2.75, 3.05) is 44.6 Å². The zero-order valence-electron chi connectivity index (χ0n) is 17.0. The molecule has 0 radical (unpaired) electrons. The van der Waals surface area contributed by atoms with Gasteiger partial charge in [0.1, 0.15) is 11.5 Å². The Morgan fingerprint density at radius 1 is 1.10 bits per heavy atom. The Labute approximate surface area is 178 Å². The van der Waals surface area contributed by atoms with Crippen LogP contribution in [0.4, 0.5) is 10.1 Å². The first-order chi connectivity index (χ1) is 14.8. The molecule has 0 unspecified atom stereocenters. The summed E-state index contributed by atoms with van der Waals surface area (Å²) in [6.45, 7) is 2.92. The highest BCUT2D eigenvalue weighted by molar-refractivity contribution is 5.97. The van der Waals surface area contributed by atoms with Crippen LogP contribution in [0.5, 0.6) is 0 Å². The number of nitrogens with zero attached hydrogens (tertiary/aromatic N) is 2. The van der Waals surface area contributed by atoms with Crippen molar-refractivity contribution in [2.24, 2.45) is 0 Å². The standard InChI is InChI=1S/C21H23FN4O5/c1-14(27)15-10-18(23-11-15)21(30)31-13-20(29)26-8-6-25(7-9-26)12-19(28)24-17-4-2-16(22)3-5-17/h2-5,10-11,23H,6-9,12-13H2,1H3,(H,24,28). The zero-order valence-corrected chi connectivity index (χ0v) is 17.0. The SMILES string of the molecule is CC(=O)c1c[nH]c(C(=O)OCC(=O)N2CCN(CC(=O)Nc3ccc(F)cc3)CC2)c1. The Kier molecular flexibility index (Phi) is 7.14. The normalized spacial score (nSPS) is 14.2. The number of hydrogen-bond acceptors (Lipinski definition) is 6. The Morgan fingerprint density at radius 2 is 1.77 bits per heavy atom. The summed E-state index contributed by atoms with van der Waals surface area (Å²) in [7, 11) is 0. The number of H-pyrrole nitrogens is 1. The van der Waals surface area contributed by atoms with E-state index >= 15 is 0 Å². The molecule has 1 saturated heterocycles. The third kappa shape index (κ3) is 6.22. The Bertz CT molecular complexity index is 964. The van der Waals surface area contributed by atoms with Crippen molar-refractivity contribution in [1.29, 1.82) is 0 Å². The van der Waals surface area contributed by atoms with Crippen LogP contribution in [0.1, 0.15) is 27.8 Å². The van der Waals surface area contributed by atoms with Crippen molar-refractivity contribution in [3.63, 3.8) is 0 Å². The first-order valence-electron chi connectivity index (χ1n) is 9.74. The van der Waals surface area contributed by atoms with Gasteiger partial charge in [-0.05, 0) is 37.3 Å². The third-order valence-electron chi connectivity index (χ3n) is 4.86. The van der Waals surface area contributed by atoms with Crippen LogP contribution in [0.3, 0.4) is 0 Å². The first kappa shape index (κ1) is 22.2. The summed E-state index contributed by atoms with van der Waals surface area (Å²) in [6.07, 6.45) is 1.41. The van der Waals surface area contributed by atoms with Gasteiger partial charge in [-0.25, -0.2) is 9.18 Å². The van der Waals surface area contributed by atoms with E-state index in [4.69, 9.17) is 4.74 Å². The van der Waals surface area contributed by atoms with Crippen LogP contribution in [0.25, 0.3) is 0 Å². The zero-order chi connectivity index (χ0) is 22.4. The molecular formula is C21H23FN4O5. The Balaban J connectivity index is 1.38. The number of anilines is 1. The number of piperazine rings is 1. The van der Waals surface area contributed by atoms with Gasteiger partial charge < -0.3 is 19.9 Å². The van der Waals surface area contributed by atoms with Crippen molar-refractivity contribution < 1.29 is 28.3 Å². The fraction of sp³-hybridized carbons (Fsp3) is 0.333. The van der Waals surface area contributed by atoms with Crippen LogP contribution in [0, 0.1) is 5.82 Å². The number of carbonyl (C=O) groups excluding carboxylic acids is 4. The average Bonchev–Trinajstić information content (AvgIpc) is 3.25. The van der Waals surface area contributed by atoms with E-state index in [1.807, 2.05) is 4.90 Å². The number of hydrogen-bond donors (Lipinski definition) is 2. The quantitative estimate of drug-likeness (QED) is 0.506. The highest BCUT2D eigenvalue weighted by Gasteiger charge is 2.23. The second-order valence-corrected chi connectivity index (χ2v) is 7.15. The molecule has 10 heteroatoms. The van der Waals surface area contributed by atoms with Gasteiger partial charge in [0.05, 0.1) is 6.54 Å². The molecule has 3 rings (SSSR count). The van der Waals surface area contributed by atoms with E-state index in [0.717, 1.165) is 0 Å². The molecule has 0 aliphatic carbocycles. The molecule has 0 saturated carbocycles. The number of aromatic nitrogens is 1. The van der Waals surface area contributed by atoms with E-state index in [0.29, 0.717) is 37.4 Å². The van der Waals surface area contributed by atoms with Gasteiger partial charge in [0.2, 0.25) is 5.91 Å². The minimum atomic E-state index is -0.711. The minimum Gasteiger partial charge on any atom is -0.451 e. The van der Waals surface area contributed by atoms with Gasteiger partial charge in [-0.15, -0.1) is 0 Å².